The first-order valence-electron chi connectivity index (χ1n) is 6.32. The number of nitro groups is 1. The molecule has 0 bridgehead atoms. The highest BCUT2D eigenvalue weighted by molar-refractivity contribution is 5.73. The highest BCUT2D eigenvalue weighted by Gasteiger charge is 2.26. The minimum absolute atomic E-state index is 0.0976. The lowest BCUT2D eigenvalue weighted by molar-refractivity contribution is -0.383. The van der Waals surface area contributed by atoms with Gasteiger partial charge in [0.2, 0.25) is 11.6 Å². The van der Waals surface area contributed by atoms with Crippen LogP contribution in [0.3, 0.4) is 0 Å². The van der Waals surface area contributed by atoms with Crippen LogP contribution in [-0.4, -0.2) is 25.4 Å². The fraction of sp³-hybridized carbons (Fsp3) is 0.308. The van der Waals surface area contributed by atoms with Gasteiger partial charge >= 0.3 is 5.69 Å². The van der Waals surface area contributed by atoms with Crippen molar-refractivity contribution in [2.75, 3.05) is 10.6 Å². The summed E-state index contributed by atoms with van der Waals surface area (Å²) in [6.07, 6.45) is 2.86. The van der Waals surface area contributed by atoms with Crippen LogP contribution in [0, 0.1) is 10.1 Å². The summed E-state index contributed by atoms with van der Waals surface area (Å²) in [6.45, 7) is 5.68. The summed E-state index contributed by atoms with van der Waals surface area (Å²) in [5, 5.41) is 17.2. The van der Waals surface area contributed by atoms with Crippen LogP contribution in [0.25, 0.3) is 0 Å². The van der Waals surface area contributed by atoms with Crippen molar-refractivity contribution >= 4 is 23.1 Å². The second-order valence-electron chi connectivity index (χ2n) is 5.39. The van der Waals surface area contributed by atoms with E-state index in [0.717, 1.165) is 0 Å². The van der Waals surface area contributed by atoms with Gasteiger partial charge in [-0.05, 0) is 32.9 Å². The zero-order valence-electron chi connectivity index (χ0n) is 12.0. The Morgan fingerprint density at radius 2 is 1.86 bits per heavy atom. The van der Waals surface area contributed by atoms with Gasteiger partial charge in [-0.1, -0.05) is 6.07 Å². The summed E-state index contributed by atoms with van der Waals surface area (Å²) in [5.41, 5.74) is -0.570. The van der Waals surface area contributed by atoms with Gasteiger partial charge in [0.15, 0.2) is 0 Å². The molecular formula is C13H16N6O2. The van der Waals surface area contributed by atoms with Crippen LogP contribution in [-0.2, 0) is 0 Å². The van der Waals surface area contributed by atoms with Gasteiger partial charge in [0.25, 0.3) is 0 Å². The van der Waals surface area contributed by atoms with Gasteiger partial charge in [-0.2, -0.15) is 0 Å². The minimum Gasteiger partial charge on any atom is -0.360 e. The lowest BCUT2D eigenvalue weighted by Gasteiger charge is -2.21. The Morgan fingerprint density at radius 1 is 1.14 bits per heavy atom. The van der Waals surface area contributed by atoms with Crippen LogP contribution in [0.5, 0.6) is 0 Å². The van der Waals surface area contributed by atoms with E-state index in [9.17, 15) is 10.1 Å². The van der Waals surface area contributed by atoms with E-state index in [1.165, 1.54) is 6.33 Å². The Kier molecular flexibility index (Phi) is 3.97. The first kappa shape index (κ1) is 14.6. The van der Waals surface area contributed by atoms with Crippen LogP contribution in [0.15, 0.2) is 30.7 Å². The van der Waals surface area contributed by atoms with Gasteiger partial charge in [0, 0.05) is 11.7 Å². The fourth-order valence-corrected chi connectivity index (χ4v) is 1.65. The normalized spacial score (nSPS) is 11.0. The van der Waals surface area contributed by atoms with Crippen molar-refractivity contribution in [3.63, 3.8) is 0 Å². The second kappa shape index (κ2) is 5.70. The van der Waals surface area contributed by atoms with Gasteiger partial charge in [0.1, 0.15) is 12.1 Å². The maximum absolute atomic E-state index is 11.3. The summed E-state index contributed by atoms with van der Waals surface area (Å²) < 4.78 is 0. The summed E-state index contributed by atoms with van der Waals surface area (Å²) in [4.78, 5) is 22.8. The van der Waals surface area contributed by atoms with Gasteiger partial charge in [-0.15, -0.1) is 0 Å². The molecule has 110 valence electrons. The molecule has 0 atom stereocenters. The first-order chi connectivity index (χ1) is 9.87. The van der Waals surface area contributed by atoms with Crippen LogP contribution in [0.1, 0.15) is 20.8 Å². The SMILES string of the molecule is CC(C)(C)Nc1ncnc(Nc2ccccn2)c1[N+](=O)[O-]. The third-order valence-electron chi connectivity index (χ3n) is 2.41. The average molecular weight is 288 g/mol. The Balaban J connectivity index is 2.41. The number of hydrogen-bond donors (Lipinski definition) is 2. The molecule has 8 nitrogen and oxygen atoms in total. The number of nitrogens with one attached hydrogen (secondary N) is 2. The number of anilines is 3. The summed E-state index contributed by atoms with van der Waals surface area (Å²) in [5.74, 6) is 0.738. The van der Waals surface area contributed by atoms with E-state index in [0.29, 0.717) is 5.82 Å². The largest absolute Gasteiger partial charge is 0.360 e. The van der Waals surface area contributed by atoms with E-state index >= 15 is 0 Å². The van der Waals surface area contributed by atoms with Crippen molar-refractivity contribution in [1.82, 2.24) is 15.0 Å². The zero-order chi connectivity index (χ0) is 15.5. The standard InChI is InChI=1S/C13H16N6O2/c1-13(2,3)18-12-10(19(20)21)11(15-8-16-12)17-9-6-4-5-7-14-9/h4-8H,1-3H3,(H2,14,15,16,17,18). The van der Waals surface area contributed by atoms with E-state index in [-0.39, 0.29) is 22.9 Å². The Labute approximate surface area is 121 Å². The Morgan fingerprint density at radius 3 is 2.43 bits per heavy atom. The fourth-order valence-electron chi connectivity index (χ4n) is 1.65. The highest BCUT2D eigenvalue weighted by Crippen LogP contribution is 2.31. The number of pyridine rings is 1. The van der Waals surface area contributed by atoms with Gasteiger partial charge in [0.05, 0.1) is 4.92 Å². The minimum atomic E-state index is -0.515. The van der Waals surface area contributed by atoms with E-state index in [4.69, 9.17) is 0 Å². The molecule has 0 aliphatic heterocycles. The Bertz CT molecular complexity index is 639. The molecule has 2 aromatic heterocycles. The zero-order valence-corrected chi connectivity index (χ0v) is 12.0. The number of nitrogens with zero attached hydrogens (tertiary/aromatic N) is 4. The topological polar surface area (TPSA) is 106 Å². The number of rotatable bonds is 4. The molecule has 2 heterocycles. The third-order valence-corrected chi connectivity index (χ3v) is 2.41. The molecule has 2 rings (SSSR count). The molecule has 8 heteroatoms. The van der Waals surface area contributed by atoms with Gasteiger partial charge in [-0.3, -0.25) is 10.1 Å². The summed E-state index contributed by atoms with van der Waals surface area (Å²) in [6, 6.07) is 5.23. The van der Waals surface area contributed by atoms with E-state index in [1.807, 2.05) is 20.8 Å². The van der Waals surface area contributed by atoms with Crippen molar-refractivity contribution < 1.29 is 4.92 Å². The molecule has 21 heavy (non-hydrogen) atoms. The first-order valence-corrected chi connectivity index (χ1v) is 6.32. The van der Waals surface area contributed by atoms with Gasteiger partial charge in [-0.25, -0.2) is 15.0 Å². The summed E-state index contributed by atoms with van der Waals surface area (Å²) >= 11 is 0. The molecule has 0 unspecified atom stereocenters. The van der Waals surface area contributed by atoms with Crippen LogP contribution >= 0.6 is 0 Å². The highest BCUT2D eigenvalue weighted by atomic mass is 16.6. The number of aromatic nitrogens is 3. The maximum atomic E-state index is 11.3. The summed E-state index contributed by atoms with van der Waals surface area (Å²) in [7, 11) is 0. The predicted octanol–water partition coefficient (Wildman–Crippen LogP) is 2.73. The van der Waals surface area contributed by atoms with E-state index in [2.05, 4.69) is 25.6 Å². The average Bonchev–Trinajstić information content (AvgIpc) is 2.37. The third kappa shape index (κ3) is 3.85. The molecule has 0 spiro atoms. The molecule has 0 saturated carbocycles. The van der Waals surface area contributed by atoms with Crippen LogP contribution < -0.4 is 10.6 Å². The van der Waals surface area contributed by atoms with E-state index < -0.39 is 4.92 Å². The van der Waals surface area contributed by atoms with Gasteiger partial charge < -0.3 is 10.6 Å². The molecule has 0 radical (unpaired) electrons. The number of hydrogen-bond acceptors (Lipinski definition) is 7. The molecular weight excluding hydrogens is 272 g/mol. The molecule has 0 aliphatic rings. The molecule has 2 N–H and O–H groups in total. The maximum Gasteiger partial charge on any atom is 0.353 e. The lowest BCUT2D eigenvalue weighted by Crippen LogP contribution is -2.27. The molecule has 0 fully saturated rings. The quantitative estimate of drug-likeness (QED) is 0.658. The molecule has 0 aromatic carbocycles. The Hall–Kier alpha value is -2.77. The molecule has 0 amide bonds. The monoisotopic (exact) mass is 288 g/mol. The van der Waals surface area contributed by atoms with Crippen molar-refractivity contribution in [3.8, 4) is 0 Å². The van der Waals surface area contributed by atoms with Crippen molar-refractivity contribution in [2.24, 2.45) is 0 Å². The molecule has 2 aromatic rings. The van der Waals surface area contributed by atoms with Crippen molar-refractivity contribution in [1.29, 1.82) is 0 Å². The van der Waals surface area contributed by atoms with E-state index in [1.54, 1.807) is 24.4 Å². The van der Waals surface area contributed by atoms with Crippen molar-refractivity contribution in [2.45, 2.75) is 26.3 Å². The lowest BCUT2D eigenvalue weighted by atomic mass is 10.1. The predicted molar refractivity (Wildman–Crippen MR) is 79.6 cm³/mol. The van der Waals surface area contributed by atoms with Crippen LogP contribution in [0.4, 0.5) is 23.1 Å². The second-order valence-corrected chi connectivity index (χ2v) is 5.39. The van der Waals surface area contributed by atoms with Crippen molar-refractivity contribution in [3.05, 3.63) is 40.8 Å². The molecule has 0 saturated heterocycles. The smallest absolute Gasteiger partial charge is 0.353 e. The van der Waals surface area contributed by atoms with Crippen LogP contribution in [0.2, 0.25) is 0 Å². The molecule has 0 aliphatic carbocycles.